The van der Waals surface area contributed by atoms with E-state index in [0.29, 0.717) is 0 Å². The summed E-state index contributed by atoms with van der Waals surface area (Å²) >= 11 is 0. The SMILES string of the molecule is O=C(O)/C=C1\CCCc2ccc(-c3cccc(F)c3)cc21. The summed E-state index contributed by atoms with van der Waals surface area (Å²) < 4.78 is 13.4. The zero-order valence-electron chi connectivity index (χ0n) is 11.5. The Morgan fingerprint density at radius 3 is 2.67 bits per heavy atom. The van der Waals surface area contributed by atoms with Crippen molar-refractivity contribution in [1.82, 2.24) is 0 Å². The highest BCUT2D eigenvalue weighted by Gasteiger charge is 2.16. The van der Waals surface area contributed by atoms with Gasteiger partial charge in [0.2, 0.25) is 0 Å². The van der Waals surface area contributed by atoms with Crippen molar-refractivity contribution in [2.24, 2.45) is 0 Å². The van der Waals surface area contributed by atoms with Crippen LogP contribution in [0.5, 0.6) is 0 Å². The second kappa shape index (κ2) is 5.52. The van der Waals surface area contributed by atoms with Crippen LogP contribution in [0.2, 0.25) is 0 Å². The van der Waals surface area contributed by atoms with Gasteiger partial charge in [-0.3, -0.25) is 0 Å². The van der Waals surface area contributed by atoms with Crippen molar-refractivity contribution >= 4 is 11.5 Å². The quantitative estimate of drug-likeness (QED) is 0.834. The molecule has 2 nitrogen and oxygen atoms in total. The summed E-state index contributed by atoms with van der Waals surface area (Å²) in [6, 6.07) is 12.4. The van der Waals surface area contributed by atoms with E-state index in [4.69, 9.17) is 5.11 Å². The molecule has 0 amide bonds. The average Bonchev–Trinajstić information content (AvgIpc) is 2.47. The smallest absolute Gasteiger partial charge is 0.328 e. The van der Waals surface area contributed by atoms with Gasteiger partial charge in [-0.2, -0.15) is 0 Å². The molecule has 0 aromatic heterocycles. The number of hydrogen-bond donors (Lipinski definition) is 1. The molecule has 2 aromatic carbocycles. The molecule has 1 N–H and O–H groups in total. The lowest BCUT2D eigenvalue weighted by Crippen LogP contribution is -2.04. The molecule has 0 aliphatic heterocycles. The van der Waals surface area contributed by atoms with Crippen LogP contribution in [0.4, 0.5) is 4.39 Å². The highest BCUT2D eigenvalue weighted by Crippen LogP contribution is 2.34. The number of halogens is 1. The summed E-state index contributed by atoms with van der Waals surface area (Å²) in [4.78, 5) is 11.0. The van der Waals surface area contributed by atoms with Gasteiger partial charge in [0, 0.05) is 6.08 Å². The van der Waals surface area contributed by atoms with Gasteiger partial charge >= 0.3 is 5.97 Å². The fourth-order valence-corrected chi connectivity index (χ4v) is 2.84. The lowest BCUT2D eigenvalue weighted by Gasteiger charge is -2.19. The molecule has 0 saturated carbocycles. The van der Waals surface area contributed by atoms with Gasteiger partial charge in [0.15, 0.2) is 0 Å². The number of hydrogen-bond acceptors (Lipinski definition) is 1. The highest BCUT2D eigenvalue weighted by atomic mass is 19.1. The summed E-state index contributed by atoms with van der Waals surface area (Å²) in [6.07, 6.45) is 3.97. The molecule has 0 spiro atoms. The van der Waals surface area contributed by atoms with E-state index in [1.165, 1.54) is 18.2 Å². The normalized spacial score (nSPS) is 15.8. The molecule has 0 atom stereocenters. The van der Waals surface area contributed by atoms with Gasteiger partial charge in [0.05, 0.1) is 0 Å². The first-order valence-electron chi connectivity index (χ1n) is 6.96. The number of aliphatic carboxylic acids is 1. The van der Waals surface area contributed by atoms with Crippen LogP contribution in [0.15, 0.2) is 48.5 Å². The Morgan fingerprint density at radius 1 is 1.10 bits per heavy atom. The third-order valence-electron chi connectivity index (χ3n) is 3.80. The fraction of sp³-hybridized carbons (Fsp3) is 0.167. The van der Waals surface area contributed by atoms with Crippen molar-refractivity contribution in [3.05, 3.63) is 65.5 Å². The van der Waals surface area contributed by atoms with Gasteiger partial charge in [0.1, 0.15) is 5.82 Å². The van der Waals surface area contributed by atoms with Crippen molar-refractivity contribution in [1.29, 1.82) is 0 Å². The number of carboxylic acid groups (broad SMARTS) is 1. The Hall–Kier alpha value is -2.42. The van der Waals surface area contributed by atoms with Crippen molar-refractivity contribution < 1.29 is 14.3 Å². The van der Waals surface area contributed by atoms with E-state index in [2.05, 4.69) is 0 Å². The van der Waals surface area contributed by atoms with Gasteiger partial charge in [-0.15, -0.1) is 0 Å². The molecular weight excluding hydrogens is 267 g/mol. The predicted octanol–water partition coefficient (Wildman–Crippen LogP) is 4.30. The minimum atomic E-state index is -0.922. The van der Waals surface area contributed by atoms with Gasteiger partial charge < -0.3 is 5.11 Å². The second-order valence-electron chi connectivity index (χ2n) is 5.24. The summed E-state index contributed by atoms with van der Waals surface area (Å²) in [5.74, 6) is -1.19. The molecule has 3 heteroatoms. The van der Waals surface area contributed by atoms with E-state index in [1.807, 2.05) is 24.3 Å². The molecule has 0 unspecified atom stereocenters. The molecule has 3 rings (SSSR count). The summed E-state index contributed by atoms with van der Waals surface area (Å²) in [5.41, 5.74) is 4.70. The Kier molecular flexibility index (Phi) is 3.57. The number of fused-ring (bicyclic) bond motifs is 1. The number of rotatable bonds is 2. The molecule has 21 heavy (non-hydrogen) atoms. The topological polar surface area (TPSA) is 37.3 Å². The maximum Gasteiger partial charge on any atom is 0.328 e. The molecule has 0 bridgehead atoms. The second-order valence-corrected chi connectivity index (χ2v) is 5.24. The minimum Gasteiger partial charge on any atom is -0.478 e. The van der Waals surface area contributed by atoms with E-state index in [-0.39, 0.29) is 5.82 Å². The summed E-state index contributed by atoms with van der Waals surface area (Å²) in [5, 5.41) is 8.99. The number of benzene rings is 2. The number of carbonyl (C=O) groups is 1. The van der Waals surface area contributed by atoms with Crippen LogP contribution in [0, 0.1) is 5.82 Å². The first kappa shape index (κ1) is 13.6. The van der Waals surface area contributed by atoms with Gasteiger partial charge in [-0.25, -0.2) is 9.18 Å². The largest absolute Gasteiger partial charge is 0.478 e. The summed E-state index contributed by atoms with van der Waals surface area (Å²) in [7, 11) is 0. The van der Waals surface area contributed by atoms with Crippen molar-refractivity contribution in [3.8, 4) is 11.1 Å². The van der Waals surface area contributed by atoms with E-state index < -0.39 is 5.97 Å². The van der Waals surface area contributed by atoms with Crippen molar-refractivity contribution in [3.63, 3.8) is 0 Å². The zero-order valence-corrected chi connectivity index (χ0v) is 11.5. The van der Waals surface area contributed by atoms with Gasteiger partial charge in [0.25, 0.3) is 0 Å². The van der Waals surface area contributed by atoms with Gasteiger partial charge in [-0.1, -0.05) is 24.3 Å². The van der Waals surface area contributed by atoms with Crippen molar-refractivity contribution in [2.75, 3.05) is 0 Å². The molecule has 1 aliphatic rings. The fourth-order valence-electron chi connectivity index (χ4n) is 2.84. The molecule has 0 saturated heterocycles. The van der Waals surface area contributed by atoms with Gasteiger partial charge in [-0.05, 0) is 65.3 Å². The third-order valence-corrected chi connectivity index (χ3v) is 3.80. The molecule has 106 valence electrons. The van der Waals surface area contributed by atoms with E-state index in [1.54, 1.807) is 6.07 Å². The molecule has 0 fully saturated rings. The summed E-state index contributed by atoms with van der Waals surface area (Å²) in [6.45, 7) is 0. The Morgan fingerprint density at radius 2 is 1.90 bits per heavy atom. The first-order valence-corrected chi connectivity index (χ1v) is 6.96. The molecule has 1 aliphatic carbocycles. The average molecular weight is 282 g/mol. The minimum absolute atomic E-state index is 0.272. The Labute approximate surface area is 122 Å². The van der Waals surface area contributed by atoms with E-state index in [9.17, 15) is 9.18 Å². The van der Waals surface area contributed by atoms with Crippen LogP contribution in [0.1, 0.15) is 24.0 Å². The zero-order chi connectivity index (χ0) is 14.8. The molecule has 2 aromatic rings. The van der Waals surface area contributed by atoms with E-state index >= 15 is 0 Å². The first-order chi connectivity index (χ1) is 10.1. The number of allylic oxidation sites excluding steroid dienone is 1. The van der Waals surface area contributed by atoms with Crippen LogP contribution >= 0.6 is 0 Å². The monoisotopic (exact) mass is 282 g/mol. The maximum atomic E-state index is 13.4. The van der Waals surface area contributed by atoms with Crippen molar-refractivity contribution in [2.45, 2.75) is 19.3 Å². The van der Waals surface area contributed by atoms with Crippen LogP contribution in [-0.2, 0) is 11.2 Å². The third kappa shape index (κ3) is 2.87. The predicted molar refractivity (Wildman–Crippen MR) is 80.4 cm³/mol. The number of aryl methyl sites for hydroxylation is 1. The maximum absolute atomic E-state index is 13.4. The molecule has 0 radical (unpaired) electrons. The lowest BCUT2D eigenvalue weighted by molar-refractivity contribution is -0.131. The molecule has 0 heterocycles. The van der Waals surface area contributed by atoms with Crippen LogP contribution in [0.25, 0.3) is 16.7 Å². The number of carboxylic acids is 1. The molecular formula is C18H15FO2. The Balaban J connectivity index is 2.09. The van der Waals surface area contributed by atoms with Crippen LogP contribution in [0.3, 0.4) is 0 Å². The van der Waals surface area contributed by atoms with E-state index in [0.717, 1.165) is 47.1 Å². The highest BCUT2D eigenvalue weighted by molar-refractivity contribution is 5.91. The van der Waals surface area contributed by atoms with Crippen LogP contribution < -0.4 is 0 Å². The van der Waals surface area contributed by atoms with Crippen LogP contribution in [-0.4, -0.2) is 11.1 Å². The Bertz CT molecular complexity index is 732. The lowest BCUT2D eigenvalue weighted by atomic mass is 9.85. The standard InChI is InChI=1S/C18H15FO2/c19-16-6-2-4-13(9-16)14-8-7-12-3-1-5-15(11-18(20)21)17(12)10-14/h2,4,6-11H,1,3,5H2,(H,20,21)/b15-11+.